The molecule has 9 nitrogen and oxygen atoms in total. The highest BCUT2D eigenvalue weighted by Gasteiger charge is 2.23. The fourth-order valence-electron chi connectivity index (χ4n) is 3.64. The van der Waals surface area contributed by atoms with Crippen LogP contribution in [-0.4, -0.2) is 57.9 Å². The lowest BCUT2D eigenvalue weighted by Crippen LogP contribution is -2.43. The Balaban J connectivity index is 1.44. The van der Waals surface area contributed by atoms with Crippen LogP contribution in [-0.2, 0) is 0 Å². The summed E-state index contributed by atoms with van der Waals surface area (Å²) in [4.78, 5) is 26.5. The van der Waals surface area contributed by atoms with Gasteiger partial charge in [0, 0.05) is 37.5 Å². The van der Waals surface area contributed by atoms with E-state index in [2.05, 4.69) is 16.0 Å². The van der Waals surface area contributed by atoms with Crippen molar-refractivity contribution in [2.24, 2.45) is 5.92 Å². The summed E-state index contributed by atoms with van der Waals surface area (Å²) in [5, 5.41) is 8.42. The molecule has 0 bridgehead atoms. The minimum absolute atomic E-state index is 0.215. The maximum atomic E-state index is 13.0. The molecule has 3 rings (SSSR count). The third-order valence-electron chi connectivity index (χ3n) is 5.47. The van der Waals surface area contributed by atoms with Crippen LogP contribution in [0.4, 0.5) is 25.4 Å². The molecule has 0 atom stereocenters. The van der Waals surface area contributed by atoms with Crippen LogP contribution in [0.15, 0.2) is 36.4 Å². The Morgan fingerprint density at radius 1 is 0.939 bits per heavy atom. The van der Waals surface area contributed by atoms with E-state index >= 15 is 0 Å². The van der Waals surface area contributed by atoms with E-state index in [0.717, 1.165) is 12.8 Å². The summed E-state index contributed by atoms with van der Waals surface area (Å²) in [6.45, 7) is 1.64. The minimum Gasteiger partial charge on any atom is -0.493 e. The summed E-state index contributed by atoms with van der Waals surface area (Å²) in [5.74, 6) is 1.24. The molecule has 4 amide bonds. The number of piperidine rings is 1. The average molecular weight is 461 g/mol. The third-order valence-corrected chi connectivity index (χ3v) is 5.47. The first-order chi connectivity index (χ1) is 15.9. The van der Waals surface area contributed by atoms with Crippen LogP contribution in [0.25, 0.3) is 0 Å². The van der Waals surface area contributed by atoms with Gasteiger partial charge in [0.15, 0.2) is 11.5 Å². The molecule has 178 valence electrons. The lowest BCUT2D eigenvalue weighted by molar-refractivity contribution is 0.181. The zero-order valence-corrected chi connectivity index (χ0v) is 18.9. The maximum absolute atomic E-state index is 13.0. The van der Waals surface area contributed by atoms with Crippen molar-refractivity contribution in [3.8, 4) is 17.2 Å². The van der Waals surface area contributed by atoms with E-state index in [9.17, 15) is 14.0 Å². The number of likely N-dealkylation sites (tertiary alicyclic amines) is 1. The van der Waals surface area contributed by atoms with Gasteiger partial charge in [-0.25, -0.2) is 14.0 Å². The summed E-state index contributed by atoms with van der Waals surface area (Å²) < 4.78 is 28.9. The number of benzene rings is 2. The van der Waals surface area contributed by atoms with Gasteiger partial charge in [-0.1, -0.05) is 0 Å². The molecule has 1 aliphatic heterocycles. The van der Waals surface area contributed by atoms with Crippen LogP contribution >= 0.6 is 0 Å². The Morgan fingerprint density at radius 2 is 1.55 bits per heavy atom. The molecule has 1 heterocycles. The van der Waals surface area contributed by atoms with E-state index in [-0.39, 0.29) is 23.8 Å². The van der Waals surface area contributed by atoms with E-state index in [1.807, 2.05) is 0 Å². The van der Waals surface area contributed by atoms with Crippen molar-refractivity contribution in [2.75, 3.05) is 51.6 Å². The Labute approximate surface area is 192 Å². The lowest BCUT2D eigenvalue weighted by atomic mass is 9.97. The number of halogens is 1. The van der Waals surface area contributed by atoms with Gasteiger partial charge in [0.2, 0.25) is 5.75 Å². The number of nitrogens with one attached hydrogen (secondary N) is 3. The van der Waals surface area contributed by atoms with Crippen LogP contribution < -0.4 is 30.2 Å². The first kappa shape index (κ1) is 24.0. The van der Waals surface area contributed by atoms with Gasteiger partial charge in [0.1, 0.15) is 5.82 Å². The fraction of sp³-hybridized carbons (Fsp3) is 0.391. The number of carbonyl (C=O) groups is 2. The van der Waals surface area contributed by atoms with Gasteiger partial charge in [-0.3, -0.25) is 0 Å². The van der Waals surface area contributed by atoms with Gasteiger partial charge in [-0.05, 0) is 43.0 Å². The molecule has 1 saturated heterocycles. The Bertz CT molecular complexity index is 937. The number of nitrogens with zero attached hydrogens (tertiary/aromatic N) is 1. The molecule has 1 aliphatic rings. The summed E-state index contributed by atoms with van der Waals surface area (Å²) >= 11 is 0. The minimum atomic E-state index is -0.351. The molecule has 2 aromatic rings. The number of amides is 4. The standard InChI is InChI=1S/C23H29FN4O5/c1-31-19-12-18(13-20(32-2)21(19)33-3)26-22(29)25-14-15-8-10-28(11-9-15)23(30)27-17-6-4-16(24)5-7-17/h4-7,12-13,15H,8-11,14H2,1-3H3,(H,27,30)(H2,25,26,29). The second kappa shape index (κ2) is 11.3. The highest BCUT2D eigenvalue weighted by molar-refractivity contribution is 5.90. The summed E-state index contributed by atoms with van der Waals surface area (Å²) in [7, 11) is 4.53. The quantitative estimate of drug-likeness (QED) is 0.582. The molecule has 0 spiro atoms. The molecule has 3 N–H and O–H groups in total. The predicted molar refractivity (Wildman–Crippen MR) is 123 cm³/mol. The number of anilines is 2. The summed E-state index contributed by atoms with van der Waals surface area (Å²) in [5.41, 5.74) is 1.06. The fourth-order valence-corrected chi connectivity index (χ4v) is 3.64. The summed E-state index contributed by atoms with van der Waals surface area (Å²) in [6.07, 6.45) is 1.53. The van der Waals surface area contributed by atoms with Crippen molar-refractivity contribution in [3.05, 3.63) is 42.2 Å². The monoisotopic (exact) mass is 460 g/mol. The molecule has 33 heavy (non-hydrogen) atoms. The van der Waals surface area contributed by atoms with Gasteiger partial charge in [-0.15, -0.1) is 0 Å². The zero-order valence-electron chi connectivity index (χ0n) is 18.9. The average Bonchev–Trinajstić information content (AvgIpc) is 2.83. The Kier molecular flexibility index (Phi) is 8.17. The van der Waals surface area contributed by atoms with E-state index in [4.69, 9.17) is 14.2 Å². The topological polar surface area (TPSA) is 101 Å². The Morgan fingerprint density at radius 3 is 2.09 bits per heavy atom. The van der Waals surface area contributed by atoms with Crippen molar-refractivity contribution in [2.45, 2.75) is 12.8 Å². The zero-order chi connectivity index (χ0) is 23.8. The molecule has 0 saturated carbocycles. The van der Waals surface area contributed by atoms with Crippen molar-refractivity contribution >= 4 is 23.4 Å². The van der Waals surface area contributed by atoms with Crippen LogP contribution in [0.3, 0.4) is 0 Å². The molecule has 1 fully saturated rings. The highest BCUT2D eigenvalue weighted by Crippen LogP contribution is 2.39. The number of hydrogen-bond donors (Lipinski definition) is 3. The first-order valence-corrected chi connectivity index (χ1v) is 10.6. The van der Waals surface area contributed by atoms with Crippen LogP contribution in [0.5, 0.6) is 17.2 Å². The molecule has 0 aliphatic carbocycles. The normalized spacial score (nSPS) is 13.8. The number of urea groups is 2. The number of carbonyl (C=O) groups excluding carboxylic acids is 2. The molecular formula is C23H29FN4O5. The van der Waals surface area contributed by atoms with E-state index in [1.165, 1.54) is 45.6 Å². The van der Waals surface area contributed by atoms with E-state index in [1.54, 1.807) is 17.0 Å². The van der Waals surface area contributed by atoms with E-state index < -0.39 is 0 Å². The van der Waals surface area contributed by atoms with Crippen molar-refractivity contribution in [3.63, 3.8) is 0 Å². The van der Waals surface area contributed by atoms with Crippen molar-refractivity contribution < 1.29 is 28.2 Å². The molecule has 10 heteroatoms. The molecule has 0 aromatic heterocycles. The van der Waals surface area contributed by atoms with Crippen molar-refractivity contribution in [1.29, 1.82) is 0 Å². The maximum Gasteiger partial charge on any atom is 0.321 e. The molecule has 2 aromatic carbocycles. The SMILES string of the molecule is COc1cc(NC(=O)NCC2CCN(C(=O)Nc3ccc(F)cc3)CC2)cc(OC)c1OC. The number of ether oxygens (including phenoxy) is 3. The van der Waals surface area contributed by atoms with Crippen molar-refractivity contribution in [1.82, 2.24) is 10.2 Å². The predicted octanol–water partition coefficient (Wildman–Crippen LogP) is 3.92. The molecular weight excluding hydrogens is 431 g/mol. The lowest BCUT2D eigenvalue weighted by Gasteiger charge is -2.32. The molecule has 0 radical (unpaired) electrons. The van der Waals surface area contributed by atoms with E-state index in [0.29, 0.717) is 48.3 Å². The third kappa shape index (κ3) is 6.41. The van der Waals surface area contributed by atoms with Gasteiger partial charge < -0.3 is 35.1 Å². The van der Waals surface area contributed by atoms with Crippen LogP contribution in [0, 0.1) is 11.7 Å². The number of rotatable bonds is 7. The largest absolute Gasteiger partial charge is 0.493 e. The summed E-state index contributed by atoms with van der Waals surface area (Å²) in [6, 6.07) is 8.40. The smallest absolute Gasteiger partial charge is 0.321 e. The van der Waals surface area contributed by atoms with Gasteiger partial charge in [0.05, 0.1) is 27.0 Å². The van der Waals surface area contributed by atoms with Gasteiger partial charge >= 0.3 is 12.1 Å². The first-order valence-electron chi connectivity index (χ1n) is 10.6. The van der Waals surface area contributed by atoms with Crippen LogP contribution in [0.1, 0.15) is 12.8 Å². The second-order valence-electron chi connectivity index (χ2n) is 7.62. The van der Waals surface area contributed by atoms with Crippen LogP contribution in [0.2, 0.25) is 0 Å². The van der Waals surface area contributed by atoms with Gasteiger partial charge in [-0.2, -0.15) is 0 Å². The molecule has 0 unspecified atom stereocenters. The van der Waals surface area contributed by atoms with Gasteiger partial charge in [0.25, 0.3) is 0 Å². The highest BCUT2D eigenvalue weighted by atomic mass is 19.1. The number of methoxy groups -OCH3 is 3. The second-order valence-corrected chi connectivity index (χ2v) is 7.62. The number of hydrogen-bond acceptors (Lipinski definition) is 5. The Hall–Kier alpha value is -3.69.